The number of phosphoric ester groups is 1. The number of para-hydroxylation sites is 1. The highest BCUT2D eigenvalue weighted by molar-refractivity contribution is 7.48. The molecule has 13 heteroatoms. The molecular formula is C41H61O12P. The summed E-state index contributed by atoms with van der Waals surface area (Å²) < 4.78 is 59.1. The minimum atomic E-state index is -4.01. The summed E-state index contributed by atoms with van der Waals surface area (Å²) in [6.45, 7) is 13.3. The van der Waals surface area contributed by atoms with Crippen LogP contribution in [0.2, 0.25) is 0 Å². The second-order valence-electron chi connectivity index (χ2n) is 18.3. The molecule has 3 unspecified atom stereocenters. The Morgan fingerprint density at radius 2 is 1.17 bits per heavy atom. The van der Waals surface area contributed by atoms with Gasteiger partial charge in [-0.2, -0.15) is 0 Å². The summed E-state index contributed by atoms with van der Waals surface area (Å²) in [5.74, 6) is 1.22. The van der Waals surface area contributed by atoms with Crippen LogP contribution in [-0.4, -0.2) is 60.8 Å². The van der Waals surface area contributed by atoms with Crippen molar-refractivity contribution in [2.24, 2.45) is 47.3 Å². The van der Waals surface area contributed by atoms with Crippen molar-refractivity contribution < 1.29 is 56.6 Å². The van der Waals surface area contributed by atoms with Gasteiger partial charge < -0.3 is 23.5 Å². The van der Waals surface area contributed by atoms with Gasteiger partial charge in [-0.1, -0.05) is 45.9 Å². The van der Waals surface area contributed by atoms with Gasteiger partial charge in [0.25, 0.3) is 0 Å². The lowest BCUT2D eigenvalue weighted by molar-refractivity contribution is -0.571. The van der Waals surface area contributed by atoms with E-state index in [4.69, 9.17) is 52.1 Å². The molecule has 17 atom stereocenters. The van der Waals surface area contributed by atoms with Crippen molar-refractivity contribution in [3.8, 4) is 5.75 Å². The molecule has 4 bridgehead atoms. The zero-order chi connectivity index (χ0) is 37.5. The monoisotopic (exact) mass is 776 g/mol. The van der Waals surface area contributed by atoms with Gasteiger partial charge in [0.1, 0.15) is 5.75 Å². The van der Waals surface area contributed by atoms with E-state index in [1.165, 1.54) is 0 Å². The molecule has 1 aromatic carbocycles. The molecule has 0 amide bonds. The highest BCUT2D eigenvalue weighted by atomic mass is 31.2. The SMILES string of the molecule is C[C@@H]1CC[C@H]2[C@@H](C)C(CCCOP(=O)(OCCC3O[C@H]4O[C@@]5(C)CC[C@H]6[C@H](C)CC[C@@H]([C@H]3C)[C@@]46OO5)Oc3ccccc3)O[C@H]3O[C@@]4(C)CC[C@@H]1[C@]32OO4. The first-order chi connectivity index (χ1) is 25.9. The highest BCUT2D eigenvalue weighted by Gasteiger charge is 2.70. The van der Waals surface area contributed by atoms with Crippen LogP contribution in [-0.2, 0) is 52.1 Å². The molecule has 0 N–H and O–H groups in total. The van der Waals surface area contributed by atoms with Crippen LogP contribution in [0.25, 0.3) is 0 Å². The Morgan fingerprint density at radius 1 is 0.648 bits per heavy atom. The van der Waals surface area contributed by atoms with Crippen LogP contribution in [0.1, 0.15) is 112 Å². The van der Waals surface area contributed by atoms with Gasteiger partial charge in [-0.3, -0.25) is 9.05 Å². The van der Waals surface area contributed by atoms with E-state index in [-0.39, 0.29) is 49.1 Å². The van der Waals surface area contributed by atoms with Crippen molar-refractivity contribution in [2.45, 2.75) is 160 Å². The van der Waals surface area contributed by atoms with E-state index in [9.17, 15) is 4.57 Å². The molecule has 8 saturated heterocycles. The van der Waals surface area contributed by atoms with Crippen LogP contribution in [0.3, 0.4) is 0 Å². The molecule has 2 saturated carbocycles. The molecule has 12 nitrogen and oxygen atoms in total. The molecule has 2 spiro atoms. The lowest BCUT2D eigenvalue weighted by Gasteiger charge is -2.60. The Kier molecular flexibility index (Phi) is 10.2. The zero-order valence-electron chi connectivity index (χ0n) is 32.9. The van der Waals surface area contributed by atoms with Gasteiger partial charge in [0.2, 0.25) is 11.6 Å². The van der Waals surface area contributed by atoms with Gasteiger partial charge >= 0.3 is 7.82 Å². The maximum absolute atomic E-state index is 14.3. The van der Waals surface area contributed by atoms with Crippen LogP contribution >= 0.6 is 7.82 Å². The van der Waals surface area contributed by atoms with Crippen molar-refractivity contribution >= 4 is 7.82 Å². The standard InChI is InChI=1S/C41H61O12P/c1-25-14-16-32-27(3)34(45-36-40(32)30(25)18-21-38(5,47-36)50-52-40)13-10-23-43-54(42,49-29-11-8-7-9-12-29)44-24-20-35-28(4)33-17-15-26(2)31-19-22-39(6)48-37(46-35)41(31,33)53-51-39/h7-9,11-12,25-28,30-37H,10,13-24H2,1-6H3/t25-,26-,27-,28-,30+,31+,32+,33+,34?,35?,36+,37+,38-,39-,40-,41-,54?/m1/s1. The number of ether oxygens (including phenoxy) is 4. The van der Waals surface area contributed by atoms with Gasteiger partial charge in [-0.05, 0) is 119 Å². The first-order valence-electron chi connectivity index (χ1n) is 20.9. The molecule has 8 aliphatic heterocycles. The largest absolute Gasteiger partial charge is 0.530 e. The number of fused-ring (bicyclic) bond motifs is 4. The van der Waals surface area contributed by atoms with Crippen LogP contribution in [0.15, 0.2) is 30.3 Å². The summed E-state index contributed by atoms with van der Waals surface area (Å²) in [6.07, 6.45) is 8.39. The van der Waals surface area contributed by atoms with Crippen molar-refractivity contribution in [3.05, 3.63) is 30.3 Å². The van der Waals surface area contributed by atoms with Gasteiger partial charge in [0, 0.05) is 24.7 Å². The fourth-order valence-corrected chi connectivity index (χ4v) is 13.3. The van der Waals surface area contributed by atoms with E-state index in [0.717, 1.165) is 51.4 Å². The molecule has 10 fully saturated rings. The van der Waals surface area contributed by atoms with Crippen LogP contribution < -0.4 is 4.52 Å². The fraction of sp³-hybridized carbons (Fsp3) is 0.854. The normalized spacial score (nSPS) is 50.3. The minimum Gasteiger partial charge on any atom is -0.404 e. The summed E-state index contributed by atoms with van der Waals surface area (Å²) >= 11 is 0. The third-order valence-electron chi connectivity index (χ3n) is 15.1. The Morgan fingerprint density at radius 3 is 1.72 bits per heavy atom. The molecule has 1 aromatic rings. The zero-order valence-corrected chi connectivity index (χ0v) is 33.7. The van der Waals surface area contributed by atoms with Crippen LogP contribution in [0.5, 0.6) is 5.75 Å². The minimum absolute atomic E-state index is 0.0705. The van der Waals surface area contributed by atoms with Crippen molar-refractivity contribution in [2.75, 3.05) is 13.2 Å². The quantitative estimate of drug-likeness (QED) is 0.121. The molecule has 8 heterocycles. The van der Waals surface area contributed by atoms with Crippen LogP contribution in [0, 0.1) is 47.3 Å². The number of phosphoric acid groups is 1. The van der Waals surface area contributed by atoms with Crippen molar-refractivity contribution in [1.82, 2.24) is 0 Å². The van der Waals surface area contributed by atoms with Gasteiger partial charge in [0.15, 0.2) is 23.8 Å². The predicted molar refractivity (Wildman–Crippen MR) is 194 cm³/mol. The summed E-state index contributed by atoms with van der Waals surface area (Å²) in [5, 5.41) is 0. The first kappa shape index (κ1) is 38.4. The van der Waals surface area contributed by atoms with Gasteiger partial charge in [0.05, 0.1) is 25.4 Å². The summed E-state index contributed by atoms with van der Waals surface area (Å²) in [4.78, 5) is 24.6. The van der Waals surface area contributed by atoms with E-state index >= 15 is 0 Å². The van der Waals surface area contributed by atoms with E-state index in [1.54, 1.807) is 12.1 Å². The summed E-state index contributed by atoms with van der Waals surface area (Å²) in [5.41, 5.74) is -1.22. The van der Waals surface area contributed by atoms with Crippen LogP contribution in [0.4, 0.5) is 0 Å². The first-order valence-corrected chi connectivity index (χ1v) is 22.4. The summed E-state index contributed by atoms with van der Waals surface area (Å²) in [6, 6.07) is 9.06. The molecule has 11 rings (SSSR count). The maximum atomic E-state index is 14.3. The second-order valence-corrected chi connectivity index (χ2v) is 19.9. The lowest BCUT2D eigenvalue weighted by Crippen LogP contribution is -2.70. The van der Waals surface area contributed by atoms with Gasteiger partial charge in [-0.15, -0.1) is 0 Å². The fourth-order valence-electron chi connectivity index (χ4n) is 12.1. The summed E-state index contributed by atoms with van der Waals surface area (Å²) in [7, 11) is -4.01. The third-order valence-corrected chi connectivity index (χ3v) is 16.5. The van der Waals surface area contributed by atoms with Crippen molar-refractivity contribution in [1.29, 1.82) is 0 Å². The van der Waals surface area contributed by atoms with E-state index in [1.807, 2.05) is 32.0 Å². The van der Waals surface area contributed by atoms with Gasteiger partial charge in [-0.25, -0.2) is 24.1 Å². The maximum Gasteiger partial charge on any atom is 0.530 e. The smallest absolute Gasteiger partial charge is 0.404 e. The topological polar surface area (TPSA) is 119 Å². The number of hydrogen-bond donors (Lipinski definition) is 0. The van der Waals surface area contributed by atoms with E-state index in [2.05, 4.69) is 27.7 Å². The number of benzene rings is 1. The Bertz CT molecular complexity index is 1550. The molecule has 0 aromatic heterocycles. The van der Waals surface area contributed by atoms with E-state index < -0.39 is 43.2 Å². The molecule has 0 radical (unpaired) electrons. The Labute approximate surface area is 320 Å². The second kappa shape index (κ2) is 14.3. The Hall–Kier alpha value is -1.15. The molecule has 10 aliphatic rings. The average molecular weight is 777 g/mol. The number of rotatable bonds is 11. The average Bonchev–Trinajstić information content (AvgIpc) is 3.52. The molecule has 2 aliphatic carbocycles. The van der Waals surface area contributed by atoms with E-state index in [0.29, 0.717) is 48.7 Å². The number of hydrogen-bond acceptors (Lipinski definition) is 12. The molecular weight excluding hydrogens is 715 g/mol. The third kappa shape index (κ3) is 6.37. The predicted octanol–water partition coefficient (Wildman–Crippen LogP) is 8.88. The molecule has 302 valence electrons. The van der Waals surface area contributed by atoms with Crippen molar-refractivity contribution in [3.63, 3.8) is 0 Å². The molecule has 54 heavy (non-hydrogen) atoms. The lowest BCUT2D eigenvalue weighted by atomic mass is 9.57. The Balaban J connectivity index is 0.845. The highest BCUT2D eigenvalue weighted by Crippen LogP contribution is 2.63.